The van der Waals surface area contributed by atoms with Crippen LogP contribution in [0.2, 0.25) is 0 Å². The van der Waals surface area contributed by atoms with Crippen molar-refractivity contribution >= 4 is 17.2 Å². The lowest BCUT2D eigenvalue weighted by Crippen LogP contribution is -2.30. The van der Waals surface area contributed by atoms with Gasteiger partial charge in [-0.2, -0.15) is 5.10 Å². The van der Waals surface area contributed by atoms with Crippen LogP contribution in [0.1, 0.15) is 27.4 Å². The summed E-state index contributed by atoms with van der Waals surface area (Å²) in [6.45, 7) is 2.24. The first-order valence-corrected chi connectivity index (χ1v) is 9.33. The van der Waals surface area contributed by atoms with Crippen molar-refractivity contribution in [2.24, 2.45) is 0 Å². The van der Waals surface area contributed by atoms with Crippen molar-refractivity contribution in [3.05, 3.63) is 46.5 Å². The molecule has 0 saturated heterocycles. The number of nitrogens with one attached hydrogen (secondary N) is 2. The Hall–Kier alpha value is -2.65. The lowest BCUT2D eigenvalue weighted by molar-refractivity contribution is 0.0947. The molecule has 0 bridgehead atoms. The van der Waals surface area contributed by atoms with Crippen molar-refractivity contribution in [1.29, 1.82) is 0 Å². The average Bonchev–Trinajstić information content (AvgIpc) is 3.29. The van der Waals surface area contributed by atoms with E-state index in [1.165, 1.54) is 11.3 Å². The molecule has 1 amide bonds. The van der Waals surface area contributed by atoms with Crippen molar-refractivity contribution in [1.82, 2.24) is 35.4 Å². The number of carbonyl (C=O) groups excluding carboxylic acids is 1. The Morgan fingerprint density at radius 1 is 1.38 bits per heavy atom. The molecular weight excluding hydrogens is 350 g/mol. The fraction of sp³-hybridized carbons (Fsp3) is 0.353. The van der Waals surface area contributed by atoms with Gasteiger partial charge in [0.1, 0.15) is 0 Å². The molecule has 4 heterocycles. The molecule has 4 rings (SSSR count). The molecule has 0 unspecified atom stereocenters. The van der Waals surface area contributed by atoms with Gasteiger partial charge < -0.3 is 10.2 Å². The lowest BCUT2D eigenvalue weighted by Gasteiger charge is -2.22. The molecule has 1 aliphatic rings. The maximum Gasteiger partial charge on any atom is 0.272 e. The molecular formula is C17H19N7OS. The Balaban J connectivity index is 1.35. The fourth-order valence-corrected chi connectivity index (χ4v) is 3.74. The molecule has 1 aliphatic heterocycles. The Kier molecular flexibility index (Phi) is 4.72. The van der Waals surface area contributed by atoms with Crippen LogP contribution in [0, 0.1) is 0 Å². The zero-order valence-electron chi connectivity index (χ0n) is 14.4. The number of carbonyl (C=O) groups is 1. The second kappa shape index (κ2) is 7.30. The molecule has 3 aromatic heterocycles. The predicted molar refractivity (Wildman–Crippen MR) is 97.8 cm³/mol. The highest BCUT2D eigenvalue weighted by Gasteiger charge is 2.23. The maximum atomic E-state index is 12.5. The summed E-state index contributed by atoms with van der Waals surface area (Å²) in [5.74, 6) is 0.486. The molecule has 3 aromatic rings. The Morgan fingerprint density at radius 3 is 3.08 bits per heavy atom. The number of amides is 1. The van der Waals surface area contributed by atoms with Crippen LogP contribution in [0.25, 0.3) is 10.8 Å². The maximum absolute atomic E-state index is 12.5. The van der Waals surface area contributed by atoms with E-state index in [4.69, 9.17) is 0 Å². The molecule has 0 radical (unpaired) electrons. The number of aromatic nitrogens is 5. The van der Waals surface area contributed by atoms with Gasteiger partial charge in [-0.1, -0.05) is 0 Å². The van der Waals surface area contributed by atoms with Crippen LogP contribution in [0.5, 0.6) is 0 Å². The van der Waals surface area contributed by atoms with Crippen LogP contribution in [-0.4, -0.2) is 56.1 Å². The zero-order valence-corrected chi connectivity index (χ0v) is 15.2. The van der Waals surface area contributed by atoms with Gasteiger partial charge in [-0.25, -0.2) is 15.0 Å². The first-order valence-electron chi connectivity index (χ1n) is 8.45. The monoisotopic (exact) mass is 369 g/mol. The first kappa shape index (κ1) is 16.8. The van der Waals surface area contributed by atoms with Gasteiger partial charge in [0.05, 0.1) is 5.69 Å². The van der Waals surface area contributed by atoms with Crippen LogP contribution >= 0.6 is 11.3 Å². The third-order valence-corrected chi connectivity index (χ3v) is 5.20. The topological polar surface area (TPSA) is 99.7 Å². The zero-order chi connectivity index (χ0) is 17.9. The average molecular weight is 369 g/mol. The van der Waals surface area contributed by atoms with Gasteiger partial charge in [-0.15, -0.1) is 11.3 Å². The van der Waals surface area contributed by atoms with Crippen LogP contribution in [0.4, 0.5) is 0 Å². The smallest absolute Gasteiger partial charge is 0.272 e. The molecule has 0 saturated carbocycles. The summed E-state index contributed by atoms with van der Waals surface area (Å²) >= 11 is 1.51. The number of thiazole rings is 1. The molecule has 0 spiro atoms. The van der Waals surface area contributed by atoms with Gasteiger partial charge in [0, 0.05) is 61.5 Å². The first-order chi connectivity index (χ1) is 12.7. The SMILES string of the molecule is CN1CCc2[nH]nc(C(=O)NCCc3csc(-c4ncccn4)n3)c2C1. The van der Waals surface area contributed by atoms with E-state index >= 15 is 0 Å². The summed E-state index contributed by atoms with van der Waals surface area (Å²) in [4.78, 5) is 27.6. The molecule has 0 aromatic carbocycles. The number of aromatic amines is 1. The third-order valence-electron chi connectivity index (χ3n) is 4.31. The van der Waals surface area contributed by atoms with E-state index in [0.29, 0.717) is 24.5 Å². The number of hydrogen-bond acceptors (Lipinski definition) is 7. The summed E-state index contributed by atoms with van der Waals surface area (Å²) in [5, 5.41) is 12.9. The summed E-state index contributed by atoms with van der Waals surface area (Å²) in [5.41, 5.74) is 3.50. The quantitative estimate of drug-likeness (QED) is 0.703. The van der Waals surface area contributed by atoms with E-state index < -0.39 is 0 Å². The number of likely N-dealkylation sites (N-methyl/N-ethyl adjacent to an activating group) is 1. The largest absolute Gasteiger partial charge is 0.350 e. The number of hydrogen-bond donors (Lipinski definition) is 2. The van der Waals surface area contributed by atoms with Crippen molar-refractivity contribution in [3.63, 3.8) is 0 Å². The molecule has 0 atom stereocenters. The third kappa shape index (κ3) is 3.49. The Bertz CT molecular complexity index is 905. The minimum Gasteiger partial charge on any atom is -0.350 e. The fourth-order valence-electron chi connectivity index (χ4n) is 2.94. The summed E-state index contributed by atoms with van der Waals surface area (Å²) < 4.78 is 0. The highest BCUT2D eigenvalue weighted by Crippen LogP contribution is 2.20. The minimum atomic E-state index is -0.139. The van der Waals surface area contributed by atoms with E-state index in [1.807, 2.05) is 12.4 Å². The summed E-state index contributed by atoms with van der Waals surface area (Å²) in [7, 11) is 2.05. The van der Waals surface area contributed by atoms with E-state index in [0.717, 1.165) is 41.5 Å². The molecule has 0 aliphatic carbocycles. The van der Waals surface area contributed by atoms with Crippen LogP contribution in [0.3, 0.4) is 0 Å². The normalized spacial score (nSPS) is 14.2. The van der Waals surface area contributed by atoms with Crippen LogP contribution < -0.4 is 5.32 Å². The van der Waals surface area contributed by atoms with Crippen LogP contribution in [-0.2, 0) is 19.4 Å². The molecule has 134 valence electrons. The van der Waals surface area contributed by atoms with Gasteiger partial charge in [-0.3, -0.25) is 9.89 Å². The highest BCUT2D eigenvalue weighted by molar-refractivity contribution is 7.13. The molecule has 26 heavy (non-hydrogen) atoms. The molecule has 2 N–H and O–H groups in total. The van der Waals surface area contributed by atoms with Gasteiger partial charge in [-0.05, 0) is 13.1 Å². The number of H-pyrrole nitrogens is 1. The van der Waals surface area contributed by atoms with Gasteiger partial charge in [0.25, 0.3) is 5.91 Å². The highest BCUT2D eigenvalue weighted by atomic mass is 32.1. The Morgan fingerprint density at radius 2 is 2.23 bits per heavy atom. The van der Waals surface area contributed by atoms with Crippen molar-refractivity contribution < 1.29 is 4.79 Å². The van der Waals surface area contributed by atoms with E-state index in [-0.39, 0.29) is 5.91 Å². The summed E-state index contributed by atoms with van der Waals surface area (Å²) in [6.07, 6.45) is 4.95. The predicted octanol–water partition coefficient (Wildman–Crippen LogP) is 1.28. The van der Waals surface area contributed by atoms with Crippen molar-refractivity contribution in [3.8, 4) is 10.8 Å². The summed E-state index contributed by atoms with van der Waals surface area (Å²) in [6, 6.07) is 1.78. The van der Waals surface area contributed by atoms with Gasteiger partial charge in [0.2, 0.25) is 0 Å². The van der Waals surface area contributed by atoms with Gasteiger partial charge >= 0.3 is 0 Å². The van der Waals surface area contributed by atoms with Crippen molar-refractivity contribution in [2.75, 3.05) is 20.1 Å². The second-order valence-corrected chi connectivity index (χ2v) is 7.10. The molecule has 0 fully saturated rings. The van der Waals surface area contributed by atoms with Gasteiger partial charge in [0.15, 0.2) is 16.5 Å². The second-order valence-electron chi connectivity index (χ2n) is 6.24. The van der Waals surface area contributed by atoms with Crippen molar-refractivity contribution in [2.45, 2.75) is 19.4 Å². The Labute approximate surface area is 154 Å². The molecule has 8 nitrogen and oxygen atoms in total. The van der Waals surface area contributed by atoms with E-state index in [1.54, 1.807) is 18.5 Å². The lowest BCUT2D eigenvalue weighted by atomic mass is 10.1. The minimum absolute atomic E-state index is 0.139. The number of rotatable bonds is 5. The van der Waals surface area contributed by atoms with E-state index in [9.17, 15) is 4.79 Å². The number of fused-ring (bicyclic) bond motifs is 1. The number of nitrogens with zero attached hydrogens (tertiary/aromatic N) is 5. The standard InChI is InChI=1S/C17H19N7OS/c1-24-8-4-13-12(9-24)14(23-22-13)16(25)20-7-3-11-10-26-17(21-11)15-18-5-2-6-19-15/h2,5-6,10H,3-4,7-9H2,1H3,(H,20,25)(H,22,23). The van der Waals surface area contributed by atoms with Crippen LogP contribution in [0.15, 0.2) is 23.8 Å². The molecule has 9 heteroatoms. The van der Waals surface area contributed by atoms with E-state index in [2.05, 4.69) is 35.4 Å².